The van der Waals surface area contributed by atoms with Gasteiger partial charge < -0.3 is 5.11 Å². The lowest BCUT2D eigenvalue weighted by molar-refractivity contribution is 0.0849. The SMILES string of the molecule is O[C@H](CN1CCc2ccccc2C1)Cn1nnc(-c2ccccc2)n1. The molecule has 0 fully saturated rings. The van der Waals surface area contributed by atoms with Crippen LogP contribution in [0, 0.1) is 0 Å². The Bertz CT molecular complexity index is 833. The fourth-order valence-electron chi connectivity index (χ4n) is 3.28. The van der Waals surface area contributed by atoms with Gasteiger partial charge in [0, 0.05) is 25.2 Å². The number of benzene rings is 2. The normalized spacial score (nSPS) is 15.7. The number of β-amino-alcohol motifs (C(OH)–C–C–N with tert-alkyl or cyclic N) is 1. The van der Waals surface area contributed by atoms with Gasteiger partial charge in [0.05, 0.1) is 12.6 Å². The Morgan fingerprint density at radius 1 is 0.960 bits per heavy atom. The van der Waals surface area contributed by atoms with Crippen molar-refractivity contribution in [2.75, 3.05) is 13.1 Å². The zero-order chi connectivity index (χ0) is 17.1. The molecular formula is C19H21N5O. The van der Waals surface area contributed by atoms with Crippen LogP contribution >= 0.6 is 0 Å². The average molecular weight is 335 g/mol. The van der Waals surface area contributed by atoms with Gasteiger partial charge in [-0.15, -0.1) is 10.2 Å². The van der Waals surface area contributed by atoms with E-state index in [1.54, 1.807) is 0 Å². The van der Waals surface area contributed by atoms with Crippen molar-refractivity contribution in [1.82, 2.24) is 25.1 Å². The van der Waals surface area contributed by atoms with Crippen LogP contribution in [-0.2, 0) is 19.5 Å². The molecule has 0 saturated carbocycles. The van der Waals surface area contributed by atoms with Gasteiger partial charge in [-0.3, -0.25) is 4.90 Å². The molecule has 128 valence electrons. The Hall–Kier alpha value is -2.57. The Morgan fingerprint density at radius 3 is 2.56 bits per heavy atom. The van der Waals surface area contributed by atoms with Crippen LogP contribution in [-0.4, -0.2) is 49.4 Å². The number of rotatable bonds is 5. The third kappa shape index (κ3) is 3.75. The van der Waals surface area contributed by atoms with Crippen LogP contribution in [0.15, 0.2) is 54.6 Å². The summed E-state index contributed by atoms with van der Waals surface area (Å²) in [5.74, 6) is 0.583. The first-order chi connectivity index (χ1) is 12.3. The van der Waals surface area contributed by atoms with Crippen LogP contribution < -0.4 is 0 Å². The minimum Gasteiger partial charge on any atom is -0.390 e. The molecule has 0 amide bonds. The highest BCUT2D eigenvalue weighted by Gasteiger charge is 2.19. The van der Waals surface area contributed by atoms with Crippen molar-refractivity contribution in [2.24, 2.45) is 0 Å². The molecule has 0 bridgehead atoms. The lowest BCUT2D eigenvalue weighted by Gasteiger charge is -2.30. The molecule has 0 spiro atoms. The lowest BCUT2D eigenvalue weighted by atomic mass is 10.00. The number of nitrogens with zero attached hydrogens (tertiary/aromatic N) is 5. The topological polar surface area (TPSA) is 67.1 Å². The van der Waals surface area contributed by atoms with Gasteiger partial charge in [0.2, 0.25) is 5.82 Å². The first kappa shape index (κ1) is 15.9. The predicted molar refractivity (Wildman–Crippen MR) is 94.7 cm³/mol. The van der Waals surface area contributed by atoms with Gasteiger partial charge in [-0.1, -0.05) is 54.6 Å². The number of tetrazole rings is 1. The lowest BCUT2D eigenvalue weighted by Crippen LogP contribution is -2.38. The van der Waals surface area contributed by atoms with E-state index in [-0.39, 0.29) is 0 Å². The maximum Gasteiger partial charge on any atom is 0.204 e. The van der Waals surface area contributed by atoms with E-state index in [1.807, 2.05) is 30.3 Å². The maximum absolute atomic E-state index is 10.4. The minimum absolute atomic E-state index is 0.345. The van der Waals surface area contributed by atoms with Crippen molar-refractivity contribution in [3.63, 3.8) is 0 Å². The van der Waals surface area contributed by atoms with Gasteiger partial charge in [-0.2, -0.15) is 4.80 Å². The summed E-state index contributed by atoms with van der Waals surface area (Å²) < 4.78 is 0. The predicted octanol–water partition coefficient (Wildman–Crippen LogP) is 1.76. The highest BCUT2D eigenvalue weighted by Crippen LogP contribution is 2.18. The smallest absolute Gasteiger partial charge is 0.204 e. The Morgan fingerprint density at radius 2 is 1.72 bits per heavy atom. The molecule has 6 heteroatoms. The molecule has 2 heterocycles. The standard InChI is InChI=1S/C19H21N5O/c25-18(13-23-11-10-15-6-4-5-9-17(15)12-23)14-24-21-19(20-22-24)16-7-2-1-3-8-16/h1-9,18,25H,10-14H2/t18-/m1/s1. The largest absolute Gasteiger partial charge is 0.390 e. The van der Waals surface area contributed by atoms with Crippen molar-refractivity contribution in [3.05, 3.63) is 65.7 Å². The van der Waals surface area contributed by atoms with E-state index >= 15 is 0 Å². The third-order valence-electron chi connectivity index (χ3n) is 4.54. The molecule has 2 aromatic carbocycles. The Balaban J connectivity index is 1.35. The van der Waals surface area contributed by atoms with Gasteiger partial charge >= 0.3 is 0 Å². The van der Waals surface area contributed by atoms with Crippen LogP contribution in [0.4, 0.5) is 0 Å². The fraction of sp³-hybridized carbons (Fsp3) is 0.316. The summed E-state index contributed by atoms with van der Waals surface area (Å²) in [5, 5.41) is 22.9. The van der Waals surface area contributed by atoms with E-state index in [0.29, 0.717) is 18.9 Å². The van der Waals surface area contributed by atoms with Crippen molar-refractivity contribution in [2.45, 2.75) is 25.6 Å². The summed E-state index contributed by atoms with van der Waals surface area (Å²) in [4.78, 5) is 3.76. The zero-order valence-electron chi connectivity index (χ0n) is 14.0. The number of aromatic nitrogens is 4. The summed E-state index contributed by atoms with van der Waals surface area (Å²) in [5.41, 5.74) is 3.70. The number of fused-ring (bicyclic) bond motifs is 1. The van der Waals surface area contributed by atoms with Gasteiger partial charge in [0.15, 0.2) is 0 Å². The molecule has 1 N–H and O–H groups in total. The van der Waals surface area contributed by atoms with E-state index in [9.17, 15) is 5.11 Å². The van der Waals surface area contributed by atoms with Crippen LogP contribution in [0.25, 0.3) is 11.4 Å². The summed E-state index contributed by atoms with van der Waals surface area (Å²) in [7, 11) is 0. The first-order valence-corrected chi connectivity index (χ1v) is 8.58. The van der Waals surface area contributed by atoms with E-state index in [1.165, 1.54) is 15.9 Å². The van der Waals surface area contributed by atoms with Crippen LogP contribution in [0.3, 0.4) is 0 Å². The molecule has 1 atom stereocenters. The van der Waals surface area contributed by atoms with E-state index in [0.717, 1.165) is 25.1 Å². The summed E-state index contributed by atoms with van der Waals surface area (Å²) in [6.45, 7) is 2.80. The molecule has 0 radical (unpaired) electrons. The molecular weight excluding hydrogens is 314 g/mol. The van der Waals surface area contributed by atoms with Crippen molar-refractivity contribution in [1.29, 1.82) is 0 Å². The molecule has 0 unspecified atom stereocenters. The Kier molecular flexibility index (Phi) is 4.54. The van der Waals surface area contributed by atoms with Crippen LogP contribution in [0.5, 0.6) is 0 Å². The summed E-state index contributed by atoms with van der Waals surface area (Å²) >= 11 is 0. The molecule has 6 nitrogen and oxygen atoms in total. The number of hydrogen-bond acceptors (Lipinski definition) is 5. The van der Waals surface area contributed by atoms with Gasteiger partial charge in [0.25, 0.3) is 0 Å². The molecule has 1 aromatic heterocycles. The molecule has 4 rings (SSSR count). The minimum atomic E-state index is -0.525. The molecule has 0 aliphatic carbocycles. The highest BCUT2D eigenvalue weighted by atomic mass is 16.3. The van der Waals surface area contributed by atoms with Gasteiger partial charge in [-0.05, 0) is 22.8 Å². The van der Waals surface area contributed by atoms with Gasteiger partial charge in [-0.25, -0.2) is 0 Å². The molecule has 0 saturated heterocycles. The summed E-state index contributed by atoms with van der Waals surface area (Å²) in [6, 6.07) is 18.2. The maximum atomic E-state index is 10.4. The van der Waals surface area contributed by atoms with Crippen LogP contribution in [0.2, 0.25) is 0 Å². The van der Waals surface area contributed by atoms with Gasteiger partial charge in [0.1, 0.15) is 0 Å². The third-order valence-corrected chi connectivity index (χ3v) is 4.54. The number of aliphatic hydroxyl groups is 1. The molecule has 1 aliphatic heterocycles. The average Bonchev–Trinajstić information content (AvgIpc) is 3.10. The quantitative estimate of drug-likeness (QED) is 0.769. The van der Waals surface area contributed by atoms with Crippen molar-refractivity contribution >= 4 is 0 Å². The molecule has 3 aromatic rings. The molecule has 25 heavy (non-hydrogen) atoms. The fourth-order valence-corrected chi connectivity index (χ4v) is 3.28. The second-order valence-corrected chi connectivity index (χ2v) is 6.44. The van der Waals surface area contributed by atoms with Crippen LogP contribution in [0.1, 0.15) is 11.1 Å². The van der Waals surface area contributed by atoms with E-state index in [2.05, 4.69) is 44.6 Å². The monoisotopic (exact) mass is 335 g/mol. The second-order valence-electron chi connectivity index (χ2n) is 6.44. The van der Waals surface area contributed by atoms with Crippen molar-refractivity contribution in [3.8, 4) is 11.4 Å². The van der Waals surface area contributed by atoms with E-state index in [4.69, 9.17) is 0 Å². The van der Waals surface area contributed by atoms with E-state index < -0.39 is 6.10 Å². The number of aliphatic hydroxyl groups excluding tert-OH is 1. The highest BCUT2D eigenvalue weighted by molar-refractivity contribution is 5.52. The molecule has 1 aliphatic rings. The summed E-state index contributed by atoms with van der Waals surface area (Å²) in [6.07, 6.45) is 0.505. The second kappa shape index (κ2) is 7.13. The van der Waals surface area contributed by atoms with Crippen molar-refractivity contribution < 1.29 is 5.11 Å². The number of hydrogen-bond donors (Lipinski definition) is 1. The zero-order valence-corrected chi connectivity index (χ0v) is 14.0. The first-order valence-electron chi connectivity index (χ1n) is 8.58. The Labute approximate surface area is 146 Å².